The SMILES string of the molecule is C#C/C=C\C=C/CC1(c2ccccc2O)c2ccccc2-c2cc(Nc3ccccc3Cl)ccc21. The number of halogens is 1. The van der Waals surface area contributed by atoms with Crippen LogP contribution in [-0.2, 0) is 5.41 Å². The van der Waals surface area contributed by atoms with Crippen molar-refractivity contribution in [1.82, 2.24) is 0 Å². The Hall–Kier alpha value is -4.19. The van der Waals surface area contributed by atoms with Crippen molar-refractivity contribution in [3.8, 4) is 29.2 Å². The van der Waals surface area contributed by atoms with Gasteiger partial charge >= 0.3 is 0 Å². The van der Waals surface area contributed by atoms with E-state index in [4.69, 9.17) is 18.0 Å². The number of fused-ring (bicyclic) bond motifs is 3. The van der Waals surface area contributed by atoms with Crippen molar-refractivity contribution in [3.63, 3.8) is 0 Å². The van der Waals surface area contributed by atoms with Crippen LogP contribution in [0.4, 0.5) is 11.4 Å². The third-order valence-corrected chi connectivity index (χ3v) is 6.87. The average Bonchev–Trinajstić information content (AvgIpc) is 3.16. The van der Waals surface area contributed by atoms with E-state index >= 15 is 0 Å². The highest BCUT2D eigenvalue weighted by Gasteiger charge is 2.45. The molecule has 4 aromatic rings. The molecular formula is C32H24ClNO. The summed E-state index contributed by atoms with van der Waals surface area (Å²) in [7, 11) is 0. The van der Waals surface area contributed by atoms with E-state index in [-0.39, 0.29) is 5.75 Å². The molecular weight excluding hydrogens is 450 g/mol. The minimum atomic E-state index is -0.541. The summed E-state index contributed by atoms with van der Waals surface area (Å²) in [5.41, 5.74) is 6.74. The summed E-state index contributed by atoms with van der Waals surface area (Å²) in [6.07, 6.45) is 13.6. The molecule has 0 spiro atoms. The molecule has 0 radical (unpaired) electrons. The molecule has 1 aliphatic rings. The smallest absolute Gasteiger partial charge is 0.120 e. The van der Waals surface area contributed by atoms with Crippen LogP contribution in [-0.4, -0.2) is 5.11 Å². The molecule has 0 aromatic heterocycles. The van der Waals surface area contributed by atoms with Crippen molar-refractivity contribution < 1.29 is 5.11 Å². The molecule has 0 bridgehead atoms. The first-order valence-electron chi connectivity index (χ1n) is 11.5. The number of allylic oxidation sites excluding steroid dienone is 4. The van der Waals surface area contributed by atoms with Crippen molar-refractivity contribution in [2.45, 2.75) is 11.8 Å². The lowest BCUT2D eigenvalue weighted by molar-refractivity contribution is 0.454. The Labute approximate surface area is 211 Å². The molecule has 5 rings (SSSR count). The molecule has 0 heterocycles. The number of aromatic hydroxyl groups is 1. The molecule has 0 aliphatic heterocycles. The topological polar surface area (TPSA) is 32.3 Å². The van der Waals surface area contributed by atoms with Gasteiger partial charge in [-0.25, -0.2) is 0 Å². The van der Waals surface area contributed by atoms with Crippen LogP contribution in [0.2, 0.25) is 5.02 Å². The van der Waals surface area contributed by atoms with E-state index in [0.717, 1.165) is 39.2 Å². The molecule has 2 nitrogen and oxygen atoms in total. The van der Waals surface area contributed by atoms with Crippen LogP contribution >= 0.6 is 11.6 Å². The minimum absolute atomic E-state index is 0.279. The van der Waals surface area contributed by atoms with Crippen molar-refractivity contribution in [2.75, 3.05) is 5.32 Å². The Balaban J connectivity index is 1.70. The molecule has 1 atom stereocenters. The first-order valence-corrected chi connectivity index (χ1v) is 11.8. The fourth-order valence-electron chi connectivity index (χ4n) is 5.06. The Bertz CT molecular complexity index is 1490. The lowest BCUT2D eigenvalue weighted by Crippen LogP contribution is -2.26. The average molecular weight is 474 g/mol. The summed E-state index contributed by atoms with van der Waals surface area (Å²) < 4.78 is 0. The highest BCUT2D eigenvalue weighted by Crippen LogP contribution is 2.56. The number of nitrogens with one attached hydrogen (secondary N) is 1. The summed E-state index contributed by atoms with van der Waals surface area (Å²) in [6.45, 7) is 0. The molecule has 170 valence electrons. The standard InChI is InChI=1S/C32H24ClNO/c1-2-3-4-5-12-21-32(28-15-8-11-18-31(28)35)26-14-7-6-13-24(26)25-22-23(19-20-27(25)32)34-30-17-10-9-16-29(30)33/h1,3-20,22,34-35H,21H2/b4-3-,12-5-. The van der Waals surface area contributed by atoms with Crippen LogP contribution in [0.25, 0.3) is 11.1 Å². The Kier molecular flexibility index (Phi) is 6.19. The first-order chi connectivity index (χ1) is 17.1. The van der Waals surface area contributed by atoms with Crippen molar-refractivity contribution in [3.05, 3.63) is 137 Å². The fraction of sp³-hybridized carbons (Fsp3) is 0.0625. The Morgan fingerprint density at radius 1 is 0.829 bits per heavy atom. The summed E-state index contributed by atoms with van der Waals surface area (Å²) in [6, 6.07) is 30.1. The molecule has 1 aliphatic carbocycles. The number of phenolic OH excluding ortho intramolecular Hbond substituents is 1. The van der Waals surface area contributed by atoms with Crippen LogP contribution in [0.1, 0.15) is 23.1 Å². The van der Waals surface area contributed by atoms with Gasteiger partial charge in [-0.1, -0.05) is 96.4 Å². The first kappa shape index (κ1) is 22.6. The van der Waals surface area contributed by atoms with Crippen LogP contribution < -0.4 is 5.32 Å². The predicted molar refractivity (Wildman–Crippen MR) is 146 cm³/mol. The molecule has 3 heteroatoms. The summed E-state index contributed by atoms with van der Waals surface area (Å²) >= 11 is 6.39. The van der Waals surface area contributed by atoms with Gasteiger partial charge in [-0.15, -0.1) is 6.42 Å². The highest BCUT2D eigenvalue weighted by molar-refractivity contribution is 6.33. The zero-order valence-electron chi connectivity index (χ0n) is 19.1. The maximum atomic E-state index is 11.0. The minimum Gasteiger partial charge on any atom is -0.508 e. The number of para-hydroxylation sites is 2. The van der Waals surface area contributed by atoms with Crippen molar-refractivity contribution in [2.24, 2.45) is 0 Å². The summed E-state index contributed by atoms with van der Waals surface area (Å²) in [5, 5.41) is 15.1. The van der Waals surface area contributed by atoms with Crippen LogP contribution in [0, 0.1) is 12.3 Å². The second-order valence-corrected chi connectivity index (χ2v) is 8.90. The van der Waals surface area contributed by atoms with Gasteiger partial charge in [0.15, 0.2) is 0 Å². The number of benzene rings is 4. The molecule has 2 N–H and O–H groups in total. The van der Waals surface area contributed by atoms with Gasteiger partial charge in [-0.05, 0) is 65.1 Å². The van der Waals surface area contributed by atoms with Gasteiger partial charge in [0.2, 0.25) is 0 Å². The van der Waals surface area contributed by atoms with Gasteiger partial charge in [0.25, 0.3) is 0 Å². The normalized spacial score (nSPS) is 16.2. The largest absolute Gasteiger partial charge is 0.508 e. The monoisotopic (exact) mass is 473 g/mol. The van der Waals surface area contributed by atoms with Gasteiger partial charge in [-0.3, -0.25) is 0 Å². The molecule has 1 unspecified atom stereocenters. The second-order valence-electron chi connectivity index (χ2n) is 8.49. The summed E-state index contributed by atoms with van der Waals surface area (Å²) in [5.74, 6) is 2.80. The quantitative estimate of drug-likeness (QED) is 0.218. The maximum Gasteiger partial charge on any atom is 0.120 e. The van der Waals surface area contributed by atoms with Gasteiger partial charge in [0.05, 0.1) is 16.1 Å². The molecule has 0 saturated heterocycles. The lowest BCUT2D eigenvalue weighted by Gasteiger charge is -2.32. The fourth-order valence-corrected chi connectivity index (χ4v) is 5.24. The number of hydrogen-bond donors (Lipinski definition) is 2. The van der Waals surface area contributed by atoms with E-state index in [9.17, 15) is 5.11 Å². The third kappa shape index (κ3) is 4.01. The maximum absolute atomic E-state index is 11.0. The van der Waals surface area contributed by atoms with Gasteiger partial charge in [0.1, 0.15) is 5.75 Å². The Morgan fingerprint density at radius 2 is 1.54 bits per heavy atom. The van der Waals surface area contributed by atoms with E-state index < -0.39 is 5.41 Å². The highest BCUT2D eigenvalue weighted by atomic mass is 35.5. The van der Waals surface area contributed by atoms with Crippen LogP contribution in [0.15, 0.2) is 115 Å². The van der Waals surface area contributed by atoms with Gasteiger partial charge < -0.3 is 10.4 Å². The van der Waals surface area contributed by atoms with Crippen LogP contribution in [0.5, 0.6) is 5.75 Å². The van der Waals surface area contributed by atoms with E-state index in [1.54, 1.807) is 12.1 Å². The number of anilines is 2. The number of rotatable bonds is 6. The summed E-state index contributed by atoms with van der Waals surface area (Å²) in [4.78, 5) is 0. The lowest BCUT2D eigenvalue weighted by atomic mass is 9.69. The van der Waals surface area contributed by atoms with Crippen molar-refractivity contribution in [1.29, 1.82) is 0 Å². The van der Waals surface area contributed by atoms with E-state index in [2.05, 4.69) is 59.8 Å². The number of terminal acetylenes is 1. The molecule has 35 heavy (non-hydrogen) atoms. The van der Waals surface area contributed by atoms with Gasteiger partial charge in [0, 0.05) is 11.3 Å². The van der Waals surface area contributed by atoms with Crippen LogP contribution in [0.3, 0.4) is 0 Å². The zero-order chi connectivity index (χ0) is 24.3. The molecule has 4 aromatic carbocycles. The third-order valence-electron chi connectivity index (χ3n) is 6.54. The number of phenols is 1. The van der Waals surface area contributed by atoms with E-state index in [0.29, 0.717) is 11.4 Å². The predicted octanol–water partition coefficient (Wildman–Crippen LogP) is 8.24. The molecule has 0 amide bonds. The second kappa shape index (κ2) is 9.58. The van der Waals surface area contributed by atoms with Gasteiger partial charge in [-0.2, -0.15) is 0 Å². The Morgan fingerprint density at radius 3 is 2.34 bits per heavy atom. The van der Waals surface area contributed by atoms with E-state index in [1.807, 2.05) is 54.6 Å². The molecule has 0 fully saturated rings. The van der Waals surface area contributed by atoms with Crippen molar-refractivity contribution >= 4 is 23.0 Å². The number of hydrogen-bond acceptors (Lipinski definition) is 2. The zero-order valence-corrected chi connectivity index (χ0v) is 19.8. The molecule has 0 saturated carbocycles. The van der Waals surface area contributed by atoms with E-state index in [1.165, 1.54) is 0 Å².